The predicted octanol–water partition coefficient (Wildman–Crippen LogP) is 1.86. The van der Waals surface area contributed by atoms with Crippen molar-refractivity contribution in [3.63, 3.8) is 0 Å². The van der Waals surface area contributed by atoms with Crippen molar-refractivity contribution in [1.82, 2.24) is 29.7 Å². The minimum absolute atomic E-state index is 0.108. The summed E-state index contributed by atoms with van der Waals surface area (Å²) in [6.07, 6.45) is 4.94. The summed E-state index contributed by atoms with van der Waals surface area (Å²) in [6.45, 7) is 3.00. The van der Waals surface area contributed by atoms with Crippen molar-refractivity contribution >= 4 is 0 Å². The van der Waals surface area contributed by atoms with E-state index in [1.807, 2.05) is 47.9 Å². The van der Waals surface area contributed by atoms with Crippen LogP contribution in [-0.4, -0.2) is 42.8 Å². The molecule has 7 nitrogen and oxygen atoms in total. The molecule has 26 heavy (non-hydrogen) atoms. The van der Waals surface area contributed by atoms with Crippen molar-refractivity contribution in [2.75, 3.05) is 13.2 Å². The Morgan fingerprint density at radius 3 is 2.77 bits per heavy atom. The Bertz CT molecular complexity index is 856. The molecular weight excluding hydrogens is 328 g/mol. The summed E-state index contributed by atoms with van der Waals surface area (Å²) in [5, 5.41) is 12.9. The molecule has 0 spiro atoms. The van der Waals surface area contributed by atoms with Crippen LogP contribution in [0.15, 0.2) is 42.7 Å². The van der Waals surface area contributed by atoms with E-state index >= 15 is 0 Å². The first-order chi connectivity index (χ1) is 12.7. The molecule has 1 atom stereocenters. The highest BCUT2D eigenvalue weighted by atomic mass is 16.5. The zero-order valence-corrected chi connectivity index (χ0v) is 15.2. The van der Waals surface area contributed by atoms with Crippen molar-refractivity contribution in [2.24, 2.45) is 14.1 Å². The third kappa shape index (κ3) is 3.54. The van der Waals surface area contributed by atoms with Crippen LogP contribution in [0.2, 0.25) is 0 Å². The van der Waals surface area contributed by atoms with E-state index < -0.39 is 0 Å². The maximum absolute atomic E-state index is 6.06. The Labute approximate surface area is 153 Å². The molecule has 0 N–H and O–H groups in total. The zero-order chi connectivity index (χ0) is 17.9. The molecule has 4 rings (SSSR count). The van der Waals surface area contributed by atoms with Crippen LogP contribution in [0.25, 0.3) is 0 Å². The Morgan fingerprint density at radius 1 is 1.15 bits per heavy atom. The van der Waals surface area contributed by atoms with Crippen molar-refractivity contribution in [1.29, 1.82) is 0 Å². The van der Waals surface area contributed by atoms with Crippen molar-refractivity contribution in [2.45, 2.75) is 25.6 Å². The average molecular weight is 352 g/mol. The molecule has 0 saturated heterocycles. The maximum Gasteiger partial charge on any atom is 0.105 e. The molecule has 3 aromatic rings. The van der Waals surface area contributed by atoms with Crippen LogP contribution >= 0.6 is 0 Å². The van der Waals surface area contributed by atoms with Gasteiger partial charge in [-0.05, 0) is 5.56 Å². The van der Waals surface area contributed by atoms with Gasteiger partial charge in [0.25, 0.3) is 0 Å². The first-order valence-electron chi connectivity index (χ1n) is 8.92. The molecule has 0 radical (unpaired) electrons. The van der Waals surface area contributed by atoms with Gasteiger partial charge in [0.05, 0.1) is 31.1 Å². The van der Waals surface area contributed by atoms with Crippen LogP contribution < -0.4 is 0 Å². The number of aromatic nitrogens is 5. The fourth-order valence-corrected chi connectivity index (χ4v) is 3.54. The first kappa shape index (κ1) is 16.9. The summed E-state index contributed by atoms with van der Waals surface area (Å²) in [6, 6.07) is 10.4. The van der Waals surface area contributed by atoms with E-state index in [1.54, 1.807) is 0 Å². The van der Waals surface area contributed by atoms with Crippen LogP contribution in [0, 0.1) is 0 Å². The van der Waals surface area contributed by atoms with Gasteiger partial charge >= 0.3 is 0 Å². The van der Waals surface area contributed by atoms with Crippen LogP contribution in [0.1, 0.15) is 28.6 Å². The molecule has 136 valence electrons. The van der Waals surface area contributed by atoms with Gasteiger partial charge in [0.15, 0.2) is 0 Å². The average Bonchev–Trinajstić information content (AvgIpc) is 3.23. The lowest BCUT2D eigenvalue weighted by Gasteiger charge is -2.34. The molecule has 2 aromatic heterocycles. The molecule has 1 unspecified atom stereocenters. The van der Waals surface area contributed by atoms with Gasteiger partial charge in [0, 0.05) is 45.4 Å². The topological polar surface area (TPSA) is 61.0 Å². The monoisotopic (exact) mass is 352 g/mol. The SMILES string of the molecule is Cn1cc(CN2CCc3c(nnn3C)C2COCc2ccccc2)cn1. The van der Waals surface area contributed by atoms with Crippen LogP contribution in [0.3, 0.4) is 0 Å². The lowest BCUT2D eigenvalue weighted by atomic mass is 10.0. The van der Waals surface area contributed by atoms with E-state index in [2.05, 4.69) is 38.6 Å². The maximum atomic E-state index is 6.06. The highest BCUT2D eigenvalue weighted by Gasteiger charge is 2.31. The number of hydrogen-bond acceptors (Lipinski definition) is 5. The lowest BCUT2D eigenvalue weighted by molar-refractivity contribution is 0.0389. The molecule has 0 amide bonds. The fraction of sp³-hybridized carbons (Fsp3) is 0.421. The minimum atomic E-state index is 0.108. The normalized spacial score (nSPS) is 17.4. The molecule has 3 heterocycles. The Morgan fingerprint density at radius 2 is 2.00 bits per heavy atom. The van der Waals surface area contributed by atoms with Gasteiger partial charge in [-0.25, -0.2) is 0 Å². The summed E-state index contributed by atoms with van der Waals surface area (Å²) < 4.78 is 9.79. The molecule has 1 aromatic carbocycles. The summed E-state index contributed by atoms with van der Waals surface area (Å²) in [5.74, 6) is 0. The Hall–Kier alpha value is -2.51. The molecule has 1 aliphatic rings. The molecule has 0 saturated carbocycles. The van der Waals surface area contributed by atoms with Gasteiger partial charge in [0.1, 0.15) is 5.69 Å². The van der Waals surface area contributed by atoms with Gasteiger partial charge in [-0.1, -0.05) is 35.5 Å². The van der Waals surface area contributed by atoms with Crippen LogP contribution in [0.5, 0.6) is 0 Å². The standard InChI is InChI=1S/C19H24N6O/c1-23-11-16(10-20-23)12-25-9-8-17-19(21-22-24(17)2)18(25)14-26-13-15-6-4-3-5-7-15/h3-7,10-11,18H,8-9,12-14H2,1-2H3. The van der Waals surface area contributed by atoms with Crippen LogP contribution in [0.4, 0.5) is 0 Å². The van der Waals surface area contributed by atoms with Gasteiger partial charge in [-0.15, -0.1) is 5.10 Å². The number of aryl methyl sites for hydroxylation is 2. The second-order valence-corrected chi connectivity index (χ2v) is 6.80. The number of fused-ring (bicyclic) bond motifs is 1. The number of ether oxygens (including phenoxy) is 1. The van der Waals surface area contributed by atoms with Crippen molar-refractivity contribution in [3.8, 4) is 0 Å². The lowest BCUT2D eigenvalue weighted by Crippen LogP contribution is -2.38. The van der Waals surface area contributed by atoms with Gasteiger partial charge in [0.2, 0.25) is 0 Å². The smallest absolute Gasteiger partial charge is 0.105 e. The summed E-state index contributed by atoms with van der Waals surface area (Å²) in [7, 11) is 3.91. The number of nitrogens with zero attached hydrogens (tertiary/aromatic N) is 6. The van der Waals surface area contributed by atoms with Crippen molar-refractivity contribution < 1.29 is 4.74 Å². The third-order valence-electron chi connectivity index (χ3n) is 4.90. The van der Waals surface area contributed by atoms with E-state index in [0.717, 1.165) is 25.2 Å². The van der Waals surface area contributed by atoms with Gasteiger partial charge in [-0.2, -0.15) is 5.10 Å². The largest absolute Gasteiger partial charge is 0.375 e. The van der Waals surface area contributed by atoms with E-state index in [-0.39, 0.29) is 6.04 Å². The van der Waals surface area contributed by atoms with Gasteiger partial charge < -0.3 is 4.74 Å². The first-order valence-corrected chi connectivity index (χ1v) is 8.92. The highest BCUT2D eigenvalue weighted by Crippen LogP contribution is 2.29. The van der Waals surface area contributed by atoms with E-state index in [9.17, 15) is 0 Å². The second kappa shape index (κ2) is 7.39. The van der Waals surface area contributed by atoms with Crippen molar-refractivity contribution in [3.05, 3.63) is 65.2 Å². The van der Waals surface area contributed by atoms with E-state index in [1.165, 1.54) is 16.8 Å². The molecule has 1 aliphatic heterocycles. The van der Waals surface area contributed by atoms with Crippen LogP contribution in [-0.2, 0) is 38.4 Å². The molecule has 0 bridgehead atoms. The number of benzene rings is 1. The Balaban J connectivity index is 1.49. The summed E-state index contributed by atoms with van der Waals surface area (Å²) in [4.78, 5) is 2.42. The summed E-state index contributed by atoms with van der Waals surface area (Å²) in [5.41, 5.74) is 4.63. The van der Waals surface area contributed by atoms with E-state index in [0.29, 0.717) is 13.2 Å². The highest BCUT2D eigenvalue weighted by molar-refractivity contribution is 5.20. The summed E-state index contributed by atoms with van der Waals surface area (Å²) >= 11 is 0. The minimum Gasteiger partial charge on any atom is -0.375 e. The third-order valence-corrected chi connectivity index (χ3v) is 4.90. The Kier molecular flexibility index (Phi) is 4.81. The fourth-order valence-electron chi connectivity index (χ4n) is 3.54. The predicted molar refractivity (Wildman–Crippen MR) is 97.2 cm³/mol. The quantitative estimate of drug-likeness (QED) is 0.678. The number of hydrogen-bond donors (Lipinski definition) is 0. The number of rotatable bonds is 6. The zero-order valence-electron chi connectivity index (χ0n) is 15.2. The molecule has 7 heteroatoms. The molecular formula is C19H24N6O. The second-order valence-electron chi connectivity index (χ2n) is 6.80. The molecule has 0 fully saturated rings. The van der Waals surface area contributed by atoms with Gasteiger partial charge in [-0.3, -0.25) is 14.3 Å². The molecule has 0 aliphatic carbocycles. The van der Waals surface area contributed by atoms with E-state index in [4.69, 9.17) is 4.74 Å².